The van der Waals surface area contributed by atoms with E-state index in [1.54, 1.807) is 42.2 Å². The van der Waals surface area contributed by atoms with Crippen LogP contribution in [0.2, 0.25) is 0 Å². The van der Waals surface area contributed by atoms with E-state index in [0.29, 0.717) is 43.1 Å². The monoisotopic (exact) mass is 484 g/mol. The van der Waals surface area contributed by atoms with E-state index in [0.717, 1.165) is 13.1 Å². The second-order valence-electron chi connectivity index (χ2n) is 8.66. The zero-order valence-electron chi connectivity index (χ0n) is 19.8. The molecule has 2 heterocycles. The van der Waals surface area contributed by atoms with Crippen molar-refractivity contribution in [1.82, 2.24) is 14.8 Å². The summed E-state index contributed by atoms with van der Waals surface area (Å²) in [6.45, 7) is 5.54. The van der Waals surface area contributed by atoms with E-state index >= 15 is 0 Å². The molecule has 0 N–H and O–H groups in total. The standard InChI is InChI=1S/C26H30F2N4O3/c1-2-25(33)31(12-11-30-13-15-35-16-14-30)18-26(34)32-24(21-5-3-4-6-22(21)28)17-23(29-32)19-7-9-20(27)10-8-19/h3-10,24H,2,11-18H2,1H3/t24-/m0/s1. The summed E-state index contributed by atoms with van der Waals surface area (Å²) in [7, 11) is 0. The van der Waals surface area contributed by atoms with Gasteiger partial charge in [0.15, 0.2) is 0 Å². The third-order valence-corrected chi connectivity index (χ3v) is 6.38. The molecule has 2 aliphatic rings. The Morgan fingerprint density at radius 3 is 2.49 bits per heavy atom. The van der Waals surface area contributed by atoms with Crippen molar-refractivity contribution in [3.05, 3.63) is 71.3 Å². The lowest BCUT2D eigenvalue weighted by molar-refractivity contribution is -0.141. The van der Waals surface area contributed by atoms with E-state index in [1.807, 2.05) is 0 Å². The van der Waals surface area contributed by atoms with Crippen molar-refractivity contribution in [2.75, 3.05) is 45.9 Å². The summed E-state index contributed by atoms with van der Waals surface area (Å²) in [5.74, 6) is -1.32. The van der Waals surface area contributed by atoms with Crippen molar-refractivity contribution in [1.29, 1.82) is 0 Å². The van der Waals surface area contributed by atoms with Crippen molar-refractivity contribution >= 4 is 17.5 Å². The lowest BCUT2D eigenvalue weighted by Crippen LogP contribution is -2.46. The van der Waals surface area contributed by atoms with Gasteiger partial charge in [0.1, 0.15) is 18.2 Å². The first-order chi connectivity index (χ1) is 17.0. The predicted octanol–water partition coefficient (Wildman–Crippen LogP) is 3.21. The lowest BCUT2D eigenvalue weighted by atomic mass is 9.98. The van der Waals surface area contributed by atoms with Crippen LogP contribution in [0.4, 0.5) is 8.78 Å². The number of benzene rings is 2. The summed E-state index contributed by atoms with van der Waals surface area (Å²) < 4.78 is 33.5. The van der Waals surface area contributed by atoms with E-state index in [2.05, 4.69) is 10.0 Å². The highest BCUT2D eigenvalue weighted by atomic mass is 19.1. The zero-order valence-corrected chi connectivity index (χ0v) is 19.8. The number of ether oxygens (including phenoxy) is 1. The highest BCUT2D eigenvalue weighted by Gasteiger charge is 2.35. The fourth-order valence-electron chi connectivity index (χ4n) is 4.38. The molecule has 9 heteroatoms. The molecule has 7 nitrogen and oxygen atoms in total. The van der Waals surface area contributed by atoms with Crippen molar-refractivity contribution in [3.63, 3.8) is 0 Å². The molecule has 1 atom stereocenters. The summed E-state index contributed by atoms with van der Waals surface area (Å²) in [6.07, 6.45) is 0.561. The van der Waals surface area contributed by atoms with Crippen LogP contribution in [-0.4, -0.2) is 78.3 Å². The summed E-state index contributed by atoms with van der Waals surface area (Å²) in [5, 5.41) is 5.80. The molecule has 0 saturated carbocycles. The number of halogens is 2. The molecular weight excluding hydrogens is 454 g/mol. The van der Waals surface area contributed by atoms with Crippen molar-refractivity contribution in [2.24, 2.45) is 5.10 Å². The van der Waals surface area contributed by atoms with Gasteiger partial charge in [-0.25, -0.2) is 13.8 Å². The molecule has 0 aromatic heterocycles. The van der Waals surface area contributed by atoms with Crippen molar-refractivity contribution < 1.29 is 23.1 Å². The molecule has 2 aromatic rings. The largest absolute Gasteiger partial charge is 0.379 e. The van der Waals surface area contributed by atoms with Gasteiger partial charge in [-0.1, -0.05) is 37.3 Å². The van der Waals surface area contributed by atoms with Crippen LogP contribution >= 0.6 is 0 Å². The number of carbonyl (C=O) groups excluding carboxylic acids is 2. The van der Waals surface area contributed by atoms with Gasteiger partial charge >= 0.3 is 0 Å². The van der Waals surface area contributed by atoms with Crippen molar-refractivity contribution in [3.8, 4) is 0 Å². The molecule has 2 aromatic carbocycles. The quantitative estimate of drug-likeness (QED) is 0.577. The third-order valence-electron chi connectivity index (χ3n) is 6.38. The first kappa shape index (κ1) is 24.9. The maximum atomic E-state index is 14.7. The molecule has 2 aliphatic heterocycles. The Balaban J connectivity index is 1.55. The minimum absolute atomic E-state index is 0.129. The minimum Gasteiger partial charge on any atom is -0.379 e. The van der Waals surface area contributed by atoms with Gasteiger partial charge in [0, 0.05) is 44.6 Å². The topological polar surface area (TPSA) is 65.5 Å². The molecule has 186 valence electrons. The molecule has 0 unspecified atom stereocenters. The number of amides is 2. The fourth-order valence-corrected chi connectivity index (χ4v) is 4.38. The van der Waals surface area contributed by atoms with Gasteiger partial charge in [-0.2, -0.15) is 5.10 Å². The molecule has 0 spiro atoms. The van der Waals surface area contributed by atoms with Crippen LogP contribution in [0.3, 0.4) is 0 Å². The van der Waals surface area contributed by atoms with E-state index in [-0.39, 0.29) is 37.0 Å². The SMILES string of the molecule is CCC(=O)N(CCN1CCOCC1)CC(=O)N1N=C(c2ccc(F)cc2)C[C@H]1c1ccccc1F. The number of carbonyl (C=O) groups is 2. The molecule has 2 amide bonds. The van der Waals surface area contributed by atoms with Crippen LogP contribution in [0, 0.1) is 11.6 Å². The number of hydrogen-bond acceptors (Lipinski definition) is 5. The first-order valence-electron chi connectivity index (χ1n) is 11.9. The normalized spacial score (nSPS) is 18.4. The lowest BCUT2D eigenvalue weighted by Gasteiger charge is -2.31. The Morgan fingerprint density at radius 2 is 1.80 bits per heavy atom. The minimum atomic E-state index is -0.651. The second-order valence-corrected chi connectivity index (χ2v) is 8.66. The highest BCUT2D eigenvalue weighted by Crippen LogP contribution is 2.34. The summed E-state index contributed by atoms with van der Waals surface area (Å²) in [5.41, 5.74) is 1.58. The van der Waals surface area contributed by atoms with Crippen LogP contribution in [0.5, 0.6) is 0 Å². The molecular formula is C26H30F2N4O3. The van der Waals surface area contributed by atoms with Gasteiger partial charge in [-0.05, 0) is 23.8 Å². The van der Waals surface area contributed by atoms with Crippen LogP contribution in [-0.2, 0) is 14.3 Å². The number of hydrazone groups is 1. The predicted molar refractivity (Wildman–Crippen MR) is 128 cm³/mol. The van der Waals surface area contributed by atoms with Gasteiger partial charge < -0.3 is 9.64 Å². The van der Waals surface area contributed by atoms with Gasteiger partial charge in [-0.15, -0.1) is 0 Å². The maximum Gasteiger partial charge on any atom is 0.262 e. The molecule has 35 heavy (non-hydrogen) atoms. The summed E-state index contributed by atoms with van der Waals surface area (Å²) in [4.78, 5) is 29.8. The highest BCUT2D eigenvalue weighted by molar-refractivity contribution is 6.03. The first-order valence-corrected chi connectivity index (χ1v) is 11.9. The van der Waals surface area contributed by atoms with E-state index < -0.39 is 11.9 Å². The van der Waals surface area contributed by atoms with E-state index in [1.165, 1.54) is 23.2 Å². The number of morpholine rings is 1. The summed E-state index contributed by atoms with van der Waals surface area (Å²) >= 11 is 0. The Hall–Kier alpha value is -3.17. The zero-order chi connectivity index (χ0) is 24.8. The Morgan fingerprint density at radius 1 is 1.09 bits per heavy atom. The van der Waals surface area contributed by atoms with E-state index in [4.69, 9.17) is 4.74 Å². The number of rotatable bonds is 8. The van der Waals surface area contributed by atoms with Gasteiger partial charge in [0.25, 0.3) is 5.91 Å². The van der Waals surface area contributed by atoms with Gasteiger partial charge in [-0.3, -0.25) is 14.5 Å². The van der Waals surface area contributed by atoms with Gasteiger partial charge in [0.05, 0.1) is 25.0 Å². The molecule has 1 saturated heterocycles. The number of hydrogen-bond donors (Lipinski definition) is 0. The number of nitrogens with zero attached hydrogens (tertiary/aromatic N) is 4. The summed E-state index contributed by atoms with van der Waals surface area (Å²) in [6, 6.07) is 11.5. The average molecular weight is 485 g/mol. The van der Waals surface area contributed by atoms with Crippen LogP contribution < -0.4 is 0 Å². The Kier molecular flexibility index (Phi) is 8.20. The molecule has 1 fully saturated rings. The Labute approximate surface area is 203 Å². The maximum absolute atomic E-state index is 14.7. The van der Waals surface area contributed by atoms with Crippen LogP contribution in [0.15, 0.2) is 53.6 Å². The van der Waals surface area contributed by atoms with Gasteiger partial charge in [0.2, 0.25) is 5.91 Å². The Bertz CT molecular complexity index is 1070. The average Bonchev–Trinajstić information content (AvgIpc) is 3.32. The molecule has 0 aliphatic carbocycles. The molecule has 0 radical (unpaired) electrons. The smallest absolute Gasteiger partial charge is 0.262 e. The third kappa shape index (κ3) is 6.10. The molecule has 0 bridgehead atoms. The fraction of sp³-hybridized carbons (Fsp3) is 0.423. The van der Waals surface area contributed by atoms with E-state index in [9.17, 15) is 18.4 Å². The molecule has 4 rings (SSSR count). The van der Waals surface area contributed by atoms with Crippen LogP contribution in [0.25, 0.3) is 0 Å². The second kappa shape index (κ2) is 11.5. The van der Waals surface area contributed by atoms with Crippen molar-refractivity contribution in [2.45, 2.75) is 25.8 Å². The van der Waals surface area contributed by atoms with Crippen LogP contribution in [0.1, 0.15) is 36.9 Å².